The van der Waals surface area contributed by atoms with Crippen molar-refractivity contribution in [3.63, 3.8) is 0 Å². The van der Waals surface area contributed by atoms with Gasteiger partial charge >= 0.3 is 0 Å². The summed E-state index contributed by atoms with van der Waals surface area (Å²) < 4.78 is 11.0. The first kappa shape index (κ1) is 18.3. The quantitative estimate of drug-likeness (QED) is 0.865. The SMILES string of the molecule is Cc1noc(C)c1COc1ccccc1C(=O)NC1CCNC1.Cl. The summed E-state index contributed by atoms with van der Waals surface area (Å²) in [7, 11) is 0. The van der Waals surface area contributed by atoms with Crippen molar-refractivity contribution in [3.8, 4) is 5.75 Å². The molecule has 0 aliphatic carbocycles. The van der Waals surface area contributed by atoms with Crippen LogP contribution in [0.4, 0.5) is 0 Å². The molecule has 0 radical (unpaired) electrons. The number of aryl methyl sites for hydroxylation is 2. The van der Waals surface area contributed by atoms with E-state index in [-0.39, 0.29) is 24.4 Å². The molecule has 7 heteroatoms. The van der Waals surface area contributed by atoms with Gasteiger partial charge in [-0.15, -0.1) is 12.4 Å². The average molecular weight is 352 g/mol. The molecule has 1 atom stereocenters. The van der Waals surface area contributed by atoms with Crippen LogP contribution in [0.25, 0.3) is 0 Å². The van der Waals surface area contributed by atoms with Gasteiger partial charge in [0.2, 0.25) is 0 Å². The Kier molecular flexibility index (Phi) is 6.23. The molecule has 1 saturated heterocycles. The van der Waals surface area contributed by atoms with Crippen molar-refractivity contribution in [1.29, 1.82) is 0 Å². The Morgan fingerprint density at radius 3 is 2.88 bits per heavy atom. The molecule has 1 unspecified atom stereocenters. The number of carbonyl (C=O) groups is 1. The number of hydrogen-bond acceptors (Lipinski definition) is 5. The van der Waals surface area contributed by atoms with E-state index in [9.17, 15) is 4.79 Å². The van der Waals surface area contributed by atoms with Crippen LogP contribution in [0, 0.1) is 13.8 Å². The van der Waals surface area contributed by atoms with Crippen molar-refractivity contribution in [3.05, 3.63) is 46.8 Å². The number of nitrogens with one attached hydrogen (secondary N) is 2. The molecule has 24 heavy (non-hydrogen) atoms. The number of hydrogen-bond donors (Lipinski definition) is 2. The van der Waals surface area contributed by atoms with Crippen LogP contribution in [0.15, 0.2) is 28.8 Å². The minimum absolute atomic E-state index is 0. The Labute approximate surface area is 147 Å². The fourth-order valence-corrected chi connectivity index (χ4v) is 2.68. The second-order valence-corrected chi connectivity index (χ2v) is 5.75. The third-order valence-electron chi connectivity index (χ3n) is 4.08. The Balaban J connectivity index is 0.00000208. The van der Waals surface area contributed by atoms with Crippen LogP contribution in [0.1, 0.15) is 33.8 Å². The first-order valence-electron chi connectivity index (χ1n) is 7.80. The van der Waals surface area contributed by atoms with Crippen LogP contribution in [-0.4, -0.2) is 30.2 Å². The molecule has 0 saturated carbocycles. The van der Waals surface area contributed by atoms with E-state index in [1.807, 2.05) is 26.0 Å². The summed E-state index contributed by atoms with van der Waals surface area (Å²) in [5.74, 6) is 1.20. The molecule has 1 amide bonds. The molecule has 130 valence electrons. The number of carbonyl (C=O) groups excluding carboxylic acids is 1. The molecule has 2 heterocycles. The van der Waals surface area contributed by atoms with Crippen LogP contribution in [0.2, 0.25) is 0 Å². The number of nitrogens with zero attached hydrogens (tertiary/aromatic N) is 1. The summed E-state index contributed by atoms with van der Waals surface area (Å²) in [5.41, 5.74) is 2.27. The highest BCUT2D eigenvalue weighted by molar-refractivity contribution is 5.97. The molecule has 1 fully saturated rings. The molecule has 1 aromatic heterocycles. The zero-order valence-corrected chi connectivity index (χ0v) is 14.6. The fraction of sp³-hybridized carbons (Fsp3) is 0.412. The van der Waals surface area contributed by atoms with Crippen LogP contribution in [0.5, 0.6) is 5.75 Å². The summed E-state index contributed by atoms with van der Waals surface area (Å²) in [6.45, 7) is 5.81. The van der Waals surface area contributed by atoms with Gasteiger partial charge in [-0.1, -0.05) is 17.3 Å². The maximum absolute atomic E-state index is 12.5. The highest BCUT2D eigenvalue weighted by Gasteiger charge is 2.20. The van der Waals surface area contributed by atoms with Gasteiger partial charge in [0.1, 0.15) is 18.1 Å². The van der Waals surface area contributed by atoms with Gasteiger partial charge in [0.05, 0.1) is 16.8 Å². The minimum Gasteiger partial charge on any atom is -0.488 e. The van der Waals surface area contributed by atoms with Gasteiger partial charge in [0.15, 0.2) is 0 Å². The number of ether oxygens (including phenoxy) is 1. The van der Waals surface area contributed by atoms with Crippen molar-refractivity contribution in [1.82, 2.24) is 15.8 Å². The van der Waals surface area contributed by atoms with E-state index in [0.29, 0.717) is 17.9 Å². The number of halogens is 1. The number of rotatable bonds is 5. The van der Waals surface area contributed by atoms with E-state index < -0.39 is 0 Å². The zero-order chi connectivity index (χ0) is 16.2. The predicted molar refractivity (Wildman–Crippen MR) is 92.7 cm³/mol. The van der Waals surface area contributed by atoms with E-state index in [2.05, 4.69) is 15.8 Å². The smallest absolute Gasteiger partial charge is 0.255 e. The van der Waals surface area contributed by atoms with E-state index in [1.54, 1.807) is 12.1 Å². The number of para-hydroxylation sites is 1. The van der Waals surface area contributed by atoms with Crippen molar-refractivity contribution >= 4 is 18.3 Å². The number of benzene rings is 1. The van der Waals surface area contributed by atoms with Gasteiger partial charge in [-0.25, -0.2) is 0 Å². The lowest BCUT2D eigenvalue weighted by atomic mass is 10.1. The van der Waals surface area contributed by atoms with Crippen LogP contribution < -0.4 is 15.4 Å². The maximum atomic E-state index is 12.5. The molecule has 2 N–H and O–H groups in total. The lowest BCUT2D eigenvalue weighted by molar-refractivity contribution is 0.0935. The van der Waals surface area contributed by atoms with Gasteiger partial charge in [-0.05, 0) is 38.9 Å². The highest BCUT2D eigenvalue weighted by Crippen LogP contribution is 2.21. The molecule has 2 aromatic rings. The lowest BCUT2D eigenvalue weighted by Gasteiger charge is -2.14. The maximum Gasteiger partial charge on any atom is 0.255 e. The monoisotopic (exact) mass is 351 g/mol. The van der Waals surface area contributed by atoms with E-state index in [4.69, 9.17) is 9.26 Å². The molecule has 3 rings (SSSR count). The van der Waals surface area contributed by atoms with Crippen molar-refractivity contribution in [2.75, 3.05) is 13.1 Å². The average Bonchev–Trinajstić information content (AvgIpc) is 3.16. The van der Waals surface area contributed by atoms with Gasteiger partial charge in [-0.3, -0.25) is 4.79 Å². The van der Waals surface area contributed by atoms with Crippen LogP contribution in [-0.2, 0) is 6.61 Å². The molecule has 0 bridgehead atoms. The molecule has 1 aliphatic rings. The van der Waals surface area contributed by atoms with Gasteiger partial charge in [0, 0.05) is 12.6 Å². The van der Waals surface area contributed by atoms with Crippen molar-refractivity contribution in [2.45, 2.75) is 32.9 Å². The highest BCUT2D eigenvalue weighted by atomic mass is 35.5. The molecular weight excluding hydrogens is 330 g/mol. The summed E-state index contributed by atoms with van der Waals surface area (Å²) >= 11 is 0. The second kappa shape index (κ2) is 8.17. The standard InChI is InChI=1S/C17H21N3O3.ClH/c1-11-15(12(2)23-20-11)10-22-16-6-4-3-5-14(16)17(21)19-13-7-8-18-9-13;/h3-6,13,18H,7-10H2,1-2H3,(H,19,21);1H. The fourth-order valence-electron chi connectivity index (χ4n) is 2.68. The van der Waals surface area contributed by atoms with Crippen LogP contribution in [0.3, 0.4) is 0 Å². The van der Waals surface area contributed by atoms with Crippen LogP contribution >= 0.6 is 12.4 Å². The first-order chi connectivity index (χ1) is 11.1. The van der Waals surface area contributed by atoms with Gasteiger partial charge in [-0.2, -0.15) is 0 Å². The molecule has 1 aliphatic heterocycles. The third kappa shape index (κ3) is 4.07. The van der Waals surface area contributed by atoms with Crippen molar-refractivity contribution in [2.24, 2.45) is 0 Å². The minimum atomic E-state index is -0.104. The molecule has 0 spiro atoms. The summed E-state index contributed by atoms with van der Waals surface area (Å²) in [6, 6.07) is 7.46. The first-order valence-corrected chi connectivity index (χ1v) is 7.80. The topological polar surface area (TPSA) is 76.4 Å². The molecule has 6 nitrogen and oxygen atoms in total. The summed E-state index contributed by atoms with van der Waals surface area (Å²) in [5, 5.41) is 10.2. The third-order valence-corrected chi connectivity index (χ3v) is 4.08. The number of amides is 1. The lowest BCUT2D eigenvalue weighted by Crippen LogP contribution is -2.36. The Morgan fingerprint density at radius 1 is 1.42 bits per heavy atom. The van der Waals surface area contributed by atoms with E-state index >= 15 is 0 Å². The zero-order valence-electron chi connectivity index (χ0n) is 13.8. The second-order valence-electron chi connectivity index (χ2n) is 5.75. The predicted octanol–water partition coefficient (Wildman–Crippen LogP) is 2.38. The Hall–Kier alpha value is -2.05. The van der Waals surface area contributed by atoms with E-state index in [0.717, 1.165) is 36.5 Å². The Bertz CT molecular complexity index is 677. The molecule has 1 aromatic carbocycles. The van der Waals surface area contributed by atoms with Crippen molar-refractivity contribution < 1.29 is 14.1 Å². The molecular formula is C17H22ClN3O3. The Morgan fingerprint density at radius 2 is 2.21 bits per heavy atom. The summed E-state index contributed by atoms with van der Waals surface area (Å²) in [6.07, 6.45) is 0.952. The van der Waals surface area contributed by atoms with Gasteiger partial charge in [0.25, 0.3) is 5.91 Å². The largest absolute Gasteiger partial charge is 0.488 e. The number of aromatic nitrogens is 1. The van der Waals surface area contributed by atoms with Gasteiger partial charge < -0.3 is 19.9 Å². The summed E-state index contributed by atoms with van der Waals surface area (Å²) in [4.78, 5) is 12.5. The normalized spacial score (nSPS) is 16.5. The van der Waals surface area contributed by atoms with E-state index in [1.165, 1.54) is 0 Å².